The molecule has 4 rings (SSSR count). The molecule has 2 heterocycles. The van der Waals surface area contributed by atoms with Crippen molar-refractivity contribution in [3.8, 4) is 0 Å². The molecular formula is C21H19ClN3O4Si. The number of nitrogens with zero attached hydrogens (tertiary/aromatic N) is 3. The van der Waals surface area contributed by atoms with Crippen LogP contribution in [0, 0.1) is 0 Å². The van der Waals surface area contributed by atoms with Gasteiger partial charge in [-0.15, -0.1) is 0 Å². The first kappa shape index (κ1) is 20.6. The van der Waals surface area contributed by atoms with E-state index in [9.17, 15) is 9.59 Å². The zero-order valence-corrected chi connectivity index (χ0v) is 17.8. The van der Waals surface area contributed by atoms with Gasteiger partial charge in [-0.05, 0) is 42.0 Å². The highest BCUT2D eigenvalue weighted by Gasteiger charge is 2.41. The normalized spacial score (nSPS) is 22.1. The number of hydrogen-bond donors (Lipinski definition) is 0. The number of cyclic esters (lactones) is 1. The number of aliphatic imine (C=N–C) groups is 1. The summed E-state index contributed by atoms with van der Waals surface area (Å²) in [5, 5.41) is -0.258. The van der Waals surface area contributed by atoms with E-state index < -0.39 is 11.3 Å². The van der Waals surface area contributed by atoms with Gasteiger partial charge in [0.15, 0.2) is 0 Å². The summed E-state index contributed by atoms with van der Waals surface area (Å²) < 4.78 is 10.7. The first-order valence-electron chi connectivity index (χ1n) is 9.43. The molecule has 2 saturated heterocycles. The fourth-order valence-electron chi connectivity index (χ4n) is 3.30. The van der Waals surface area contributed by atoms with Crippen molar-refractivity contribution < 1.29 is 19.1 Å². The zero-order valence-electron chi connectivity index (χ0n) is 16.1. The molecule has 9 heteroatoms. The molecule has 0 bridgehead atoms. The van der Waals surface area contributed by atoms with E-state index in [1.165, 1.54) is 4.90 Å². The summed E-state index contributed by atoms with van der Waals surface area (Å²) >= 11 is 5.88. The molecule has 0 N–H and O–H groups in total. The van der Waals surface area contributed by atoms with Gasteiger partial charge in [-0.1, -0.05) is 23.7 Å². The topological polar surface area (TPSA) is 71.4 Å². The molecule has 2 fully saturated rings. The van der Waals surface area contributed by atoms with Crippen LogP contribution in [0.5, 0.6) is 0 Å². The minimum absolute atomic E-state index is 0.0766. The van der Waals surface area contributed by atoms with Crippen molar-refractivity contribution in [1.82, 2.24) is 0 Å². The number of rotatable bonds is 5. The van der Waals surface area contributed by atoms with Crippen molar-refractivity contribution in [2.24, 2.45) is 4.99 Å². The maximum atomic E-state index is 12.4. The monoisotopic (exact) mass is 440 g/mol. The fraction of sp³-hybridized carbons (Fsp3) is 0.286. The fourth-order valence-corrected chi connectivity index (χ4v) is 3.77. The van der Waals surface area contributed by atoms with Crippen LogP contribution in [0.15, 0.2) is 53.5 Å². The molecular weight excluding hydrogens is 422 g/mol. The van der Waals surface area contributed by atoms with Crippen molar-refractivity contribution in [2.45, 2.75) is 5.22 Å². The average Bonchev–Trinajstić information content (AvgIpc) is 3.04. The summed E-state index contributed by atoms with van der Waals surface area (Å²) in [5.41, 5.74) is 2.37. The number of carbonyl (C=O) groups is 2. The van der Waals surface area contributed by atoms with E-state index in [0.717, 1.165) is 11.3 Å². The smallest absolute Gasteiger partial charge is 0.414 e. The van der Waals surface area contributed by atoms with Crippen molar-refractivity contribution in [3.05, 3.63) is 59.1 Å². The highest BCUT2D eigenvalue weighted by Crippen LogP contribution is 2.28. The molecule has 1 atom stereocenters. The Balaban J connectivity index is 1.41. The maximum Gasteiger partial charge on any atom is 0.414 e. The maximum absolute atomic E-state index is 12.4. The Bertz CT molecular complexity index is 967. The summed E-state index contributed by atoms with van der Waals surface area (Å²) in [5.74, 6) is -0.0766. The van der Waals surface area contributed by atoms with Crippen LogP contribution in [0.2, 0.25) is 5.02 Å². The van der Waals surface area contributed by atoms with Crippen molar-refractivity contribution >= 4 is 51.4 Å². The highest BCUT2D eigenvalue weighted by atomic mass is 35.5. The quantitative estimate of drug-likeness (QED) is 0.529. The Hall–Kier alpha value is -2.68. The molecule has 2 aromatic carbocycles. The van der Waals surface area contributed by atoms with E-state index in [0.29, 0.717) is 30.4 Å². The Kier molecular flexibility index (Phi) is 5.89. The zero-order chi connectivity index (χ0) is 21.1. The van der Waals surface area contributed by atoms with Crippen molar-refractivity contribution in [1.29, 1.82) is 0 Å². The molecule has 153 valence electrons. The molecule has 2 aromatic rings. The van der Waals surface area contributed by atoms with Gasteiger partial charge in [0.05, 0.1) is 29.9 Å². The lowest BCUT2D eigenvalue weighted by atomic mass is 10.2. The first-order chi connectivity index (χ1) is 14.4. The second-order valence-corrected chi connectivity index (χ2v) is 8.43. The van der Waals surface area contributed by atoms with Gasteiger partial charge in [-0.3, -0.25) is 14.7 Å². The van der Waals surface area contributed by atoms with Gasteiger partial charge in [-0.25, -0.2) is 4.79 Å². The number of morpholine rings is 1. The van der Waals surface area contributed by atoms with Gasteiger partial charge < -0.3 is 14.4 Å². The molecule has 0 unspecified atom stereocenters. The minimum Gasteiger partial charge on any atom is -0.444 e. The number of carbonyl (C=O) groups excluding carboxylic acids is 2. The summed E-state index contributed by atoms with van der Waals surface area (Å²) in [4.78, 5) is 32.0. The largest absolute Gasteiger partial charge is 0.444 e. The van der Waals surface area contributed by atoms with E-state index in [4.69, 9.17) is 21.1 Å². The SMILES string of the molecule is O=C1COCCN1c1ccc(N2C[C@]([Si])(CN=Cc3ccc(Cl)cc3)OC2=O)cc1. The van der Waals surface area contributed by atoms with E-state index in [2.05, 4.69) is 15.2 Å². The van der Waals surface area contributed by atoms with Crippen LogP contribution in [-0.2, 0) is 14.3 Å². The Morgan fingerprint density at radius 3 is 2.40 bits per heavy atom. The van der Waals surface area contributed by atoms with Gasteiger partial charge in [0, 0.05) is 29.2 Å². The molecule has 0 spiro atoms. The number of hydrogen-bond acceptors (Lipinski definition) is 5. The number of ether oxygens (including phenoxy) is 2. The molecule has 2 aliphatic rings. The third-order valence-corrected chi connectivity index (χ3v) is 5.50. The molecule has 2 amide bonds. The molecule has 7 nitrogen and oxygen atoms in total. The van der Waals surface area contributed by atoms with E-state index >= 15 is 0 Å². The summed E-state index contributed by atoms with van der Waals surface area (Å²) in [7, 11) is 3.57. The second-order valence-electron chi connectivity index (χ2n) is 7.08. The molecule has 30 heavy (non-hydrogen) atoms. The number of anilines is 2. The average molecular weight is 441 g/mol. The number of benzene rings is 2. The lowest BCUT2D eigenvalue weighted by molar-refractivity contribution is -0.125. The lowest BCUT2D eigenvalue weighted by Gasteiger charge is -2.27. The predicted octanol–water partition coefficient (Wildman–Crippen LogP) is 2.64. The summed E-state index contributed by atoms with van der Waals surface area (Å²) in [6.07, 6.45) is 1.25. The summed E-state index contributed by atoms with van der Waals surface area (Å²) in [6.45, 7) is 1.67. The third kappa shape index (κ3) is 4.56. The van der Waals surface area contributed by atoms with Crippen LogP contribution >= 0.6 is 11.6 Å². The van der Waals surface area contributed by atoms with Crippen molar-refractivity contribution in [2.75, 3.05) is 42.6 Å². The minimum atomic E-state index is -0.918. The van der Waals surface area contributed by atoms with Crippen LogP contribution in [0.1, 0.15) is 5.56 Å². The highest BCUT2D eigenvalue weighted by molar-refractivity contribution is 6.30. The van der Waals surface area contributed by atoms with E-state index in [-0.39, 0.29) is 19.1 Å². The number of amides is 2. The Labute approximate surface area is 182 Å². The van der Waals surface area contributed by atoms with Crippen molar-refractivity contribution in [3.63, 3.8) is 0 Å². The molecule has 3 radical (unpaired) electrons. The third-order valence-electron chi connectivity index (χ3n) is 4.83. The molecule has 0 aliphatic carbocycles. The summed E-state index contributed by atoms with van der Waals surface area (Å²) in [6, 6.07) is 14.5. The molecule has 2 aliphatic heterocycles. The van der Waals surface area contributed by atoms with Gasteiger partial charge >= 0.3 is 6.09 Å². The molecule has 0 saturated carbocycles. The van der Waals surface area contributed by atoms with Gasteiger partial charge in [0.25, 0.3) is 5.91 Å². The lowest BCUT2D eigenvalue weighted by Crippen LogP contribution is -2.41. The second kappa shape index (κ2) is 8.59. The van der Waals surface area contributed by atoms with Crippen LogP contribution in [0.3, 0.4) is 0 Å². The van der Waals surface area contributed by atoms with Crippen LogP contribution in [0.25, 0.3) is 0 Å². The molecule has 0 aromatic heterocycles. The van der Waals surface area contributed by atoms with Crippen LogP contribution in [0.4, 0.5) is 16.2 Å². The van der Waals surface area contributed by atoms with Gasteiger partial charge in [0.2, 0.25) is 0 Å². The van der Waals surface area contributed by atoms with Crippen LogP contribution < -0.4 is 9.80 Å². The first-order valence-corrected chi connectivity index (χ1v) is 10.3. The predicted molar refractivity (Wildman–Crippen MR) is 116 cm³/mol. The standard InChI is InChI=1S/C21H19ClN3O4Si/c22-16-3-1-15(2-4-16)11-23-13-21(30)14-25(20(27)29-21)18-7-5-17(6-8-18)24-9-10-28-12-19(24)26/h1-8,11H,9-10,12-14H2/t21-/m1/s1. The Morgan fingerprint density at radius 2 is 1.73 bits per heavy atom. The van der Waals surface area contributed by atoms with Gasteiger partial charge in [0.1, 0.15) is 11.8 Å². The Morgan fingerprint density at radius 1 is 1.07 bits per heavy atom. The number of halogens is 1. The van der Waals surface area contributed by atoms with E-state index in [1.54, 1.807) is 35.4 Å². The van der Waals surface area contributed by atoms with Crippen LogP contribution in [-0.4, -0.2) is 66.5 Å². The van der Waals surface area contributed by atoms with Gasteiger partial charge in [-0.2, -0.15) is 0 Å². The van der Waals surface area contributed by atoms with E-state index in [1.807, 2.05) is 24.3 Å².